The highest BCUT2D eigenvalue weighted by Crippen LogP contribution is 2.28. The number of hydrogen-bond acceptors (Lipinski definition) is 5. The average Bonchev–Trinajstić information content (AvgIpc) is 2.98. The van der Waals surface area contributed by atoms with E-state index in [-0.39, 0.29) is 11.7 Å². The molecule has 0 aliphatic heterocycles. The van der Waals surface area contributed by atoms with Crippen molar-refractivity contribution in [3.63, 3.8) is 0 Å². The number of amides is 1. The number of rotatable bonds is 5. The number of benzene rings is 2. The molecule has 3 aromatic rings. The smallest absolute Gasteiger partial charge is 0.234 e. The lowest BCUT2D eigenvalue weighted by Crippen LogP contribution is -2.13. The van der Waals surface area contributed by atoms with Gasteiger partial charge in [0.2, 0.25) is 5.91 Å². The van der Waals surface area contributed by atoms with Gasteiger partial charge < -0.3 is 5.32 Å². The standard InChI is InChI=1S/C17H13Cl2N3OS3/c1-10-2-4-11(5-3-10)20-15(23)9-25-16-21-22(17(24)26-16)12-6-7-13(18)14(19)8-12/h2-8H,9H2,1H3,(H,20,23). The van der Waals surface area contributed by atoms with Crippen LogP contribution in [0.4, 0.5) is 5.69 Å². The number of nitrogens with zero attached hydrogens (tertiary/aromatic N) is 2. The lowest BCUT2D eigenvalue weighted by molar-refractivity contribution is -0.113. The average molecular weight is 442 g/mol. The van der Waals surface area contributed by atoms with Crippen molar-refractivity contribution >= 4 is 70.1 Å². The van der Waals surface area contributed by atoms with E-state index in [4.69, 9.17) is 35.4 Å². The van der Waals surface area contributed by atoms with Crippen molar-refractivity contribution in [1.29, 1.82) is 0 Å². The topological polar surface area (TPSA) is 46.9 Å². The second-order valence-corrected chi connectivity index (χ2v) is 9.01. The quantitative estimate of drug-likeness (QED) is 0.388. The van der Waals surface area contributed by atoms with E-state index in [2.05, 4.69) is 10.4 Å². The predicted octanol–water partition coefficient (Wildman–Crippen LogP) is 6.01. The molecule has 2 aromatic carbocycles. The van der Waals surface area contributed by atoms with Gasteiger partial charge in [0.05, 0.1) is 21.5 Å². The molecular weight excluding hydrogens is 429 g/mol. The van der Waals surface area contributed by atoms with E-state index in [1.165, 1.54) is 23.1 Å². The first-order valence-corrected chi connectivity index (χ1v) is 10.4. The van der Waals surface area contributed by atoms with Crippen LogP contribution in [0.3, 0.4) is 0 Å². The van der Waals surface area contributed by atoms with Crippen molar-refractivity contribution in [2.24, 2.45) is 0 Å². The molecule has 3 rings (SSSR count). The summed E-state index contributed by atoms with van der Waals surface area (Å²) in [6, 6.07) is 12.9. The van der Waals surface area contributed by atoms with Gasteiger partial charge in [-0.1, -0.05) is 64.0 Å². The number of aryl methyl sites for hydroxylation is 1. The monoisotopic (exact) mass is 441 g/mol. The van der Waals surface area contributed by atoms with Crippen LogP contribution in [0.1, 0.15) is 5.56 Å². The van der Waals surface area contributed by atoms with Crippen LogP contribution in [0.5, 0.6) is 0 Å². The van der Waals surface area contributed by atoms with Crippen LogP contribution in [0.25, 0.3) is 5.69 Å². The Kier molecular flexibility index (Phi) is 6.37. The van der Waals surface area contributed by atoms with Gasteiger partial charge in [0, 0.05) is 5.69 Å². The number of nitrogens with one attached hydrogen (secondary N) is 1. The van der Waals surface area contributed by atoms with Gasteiger partial charge in [-0.15, -0.1) is 5.10 Å². The highest BCUT2D eigenvalue weighted by molar-refractivity contribution is 8.01. The fourth-order valence-electron chi connectivity index (χ4n) is 2.06. The van der Waals surface area contributed by atoms with Crippen molar-refractivity contribution in [3.05, 3.63) is 62.0 Å². The van der Waals surface area contributed by atoms with E-state index in [9.17, 15) is 4.79 Å². The molecule has 0 aliphatic carbocycles. The first-order valence-electron chi connectivity index (χ1n) is 7.47. The third-order valence-electron chi connectivity index (χ3n) is 3.34. The van der Waals surface area contributed by atoms with Crippen LogP contribution in [-0.2, 0) is 4.79 Å². The molecule has 0 bridgehead atoms. The summed E-state index contributed by atoms with van der Waals surface area (Å²) in [7, 11) is 0. The normalized spacial score (nSPS) is 10.7. The molecule has 1 aromatic heterocycles. The molecule has 0 radical (unpaired) electrons. The van der Waals surface area contributed by atoms with Gasteiger partial charge in [-0.25, -0.2) is 4.68 Å². The summed E-state index contributed by atoms with van der Waals surface area (Å²) in [5, 5.41) is 8.22. The first-order chi connectivity index (χ1) is 12.4. The van der Waals surface area contributed by atoms with Crippen LogP contribution in [0.2, 0.25) is 10.0 Å². The van der Waals surface area contributed by atoms with Crippen LogP contribution in [-0.4, -0.2) is 21.4 Å². The molecule has 0 aliphatic rings. The Morgan fingerprint density at radius 2 is 1.96 bits per heavy atom. The molecule has 1 heterocycles. The van der Waals surface area contributed by atoms with Gasteiger partial charge in [-0.05, 0) is 49.5 Å². The molecule has 0 saturated heterocycles. The third kappa shape index (κ3) is 4.86. The van der Waals surface area contributed by atoms with Crippen molar-refractivity contribution < 1.29 is 4.79 Å². The molecule has 0 fully saturated rings. The molecule has 0 spiro atoms. The Labute approximate surface area is 174 Å². The fourth-order valence-corrected chi connectivity index (χ4v) is 4.51. The van der Waals surface area contributed by atoms with Crippen molar-refractivity contribution in [2.45, 2.75) is 11.3 Å². The maximum absolute atomic E-state index is 12.1. The van der Waals surface area contributed by atoms with Gasteiger partial charge >= 0.3 is 0 Å². The summed E-state index contributed by atoms with van der Waals surface area (Å²) < 4.78 is 2.90. The first kappa shape index (κ1) is 19.4. The maximum Gasteiger partial charge on any atom is 0.234 e. The number of carbonyl (C=O) groups excluding carboxylic acids is 1. The van der Waals surface area contributed by atoms with E-state index < -0.39 is 0 Å². The van der Waals surface area contributed by atoms with Gasteiger partial charge in [-0.3, -0.25) is 4.79 Å². The minimum Gasteiger partial charge on any atom is -0.325 e. The number of aromatic nitrogens is 2. The van der Waals surface area contributed by atoms with Crippen LogP contribution >= 0.6 is 58.5 Å². The van der Waals surface area contributed by atoms with Crippen molar-refractivity contribution in [2.75, 3.05) is 11.1 Å². The number of thioether (sulfide) groups is 1. The molecule has 0 unspecified atom stereocenters. The molecule has 0 atom stereocenters. The second-order valence-electron chi connectivity index (χ2n) is 5.35. The molecular formula is C17H13Cl2N3OS3. The molecule has 1 amide bonds. The number of anilines is 1. The van der Waals surface area contributed by atoms with Crippen LogP contribution in [0.15, 0.2) is 46.8 Å². The zero-order chi connectivity index (χ0) is 18.7. The zero-order valence-electron chi connectivity index (χ0n) is 13.5. The summed E-state index contributed by atoms with van der Waals surface area (Å²) in [6.07, 6.45) is 0. The largest absolute Gasteiger partial charge is 0.325 e. The number of carbonyl (C=O) groups is 1. The summed E-state index contributed by atoms with van der Waals surface area (Å²) in [6.45, 7) is 2.00. The van der Waals surface area contributed by atoms with E-state index in [0.29, 0.717) is 18.3 Å². The number of hydrogen-bond donors (Lipinski definition) is 1. The van der Waals surface area contributed by atoms with Crippen molar-refractivity contribution in [1.82, 2.24) is 9.78 Å². The van der Waals surface area contributed by atoms with E-state index >= 15 is 0 Å². The Morgan fingerprint density at radius 3 is 2.65 bits per heavy atom. The molecule has 0 saturated carbocycles. The minimum absolute atomic E-state index is 0.0962. The highest BCUT2D eigenvalue weighted by atomic mass is 35.5. The zero-order valence-corrected chi connectivity index (χ0v) is 17.5. The maximum atomic E-state index is 12.1. The Bertz CT molecular complexity index is 999. The van der Waals surface area contributed by atoms with Gasteiger partial charge in [0.25, 0.3) is 0 Å². The molecule has 134 valence electrons. The van der Waals surface area contributed by atoms with E-state index in [1.54, 1.807) is 22.9 Å². The molecule has 9 heteroatoms. The Morgan fingerprint density at radius 1 is 1.23 bits per heavy atom. The van der Waals surface area contributed by atoms with Gasteiger partial charge in [0.15, 0.2) is 8.29 Å². The molecule has 1 N–H and O–H groups in total. The third-order valence-corrected chi connectivity index (χ3v) is 6.44. The minimum atomic E-state index is -0.0962. The van der Waals surface area contributed by atoms with Gasteiger partial charge in [0.1, 0.15) is 0 Å². The Balaban J connectivity index is 1.65. The second kappa shape index (κ2) is 8.54. The highest BCUT2D eigenvalue weighted by Gasteiger charge is 2.10. The summed E-state index contributed by atoms with van der Waals surface area (Å²) >= 11 is 20.0. The predicted molar refractivity (Wildman–Crippen MR) is 113 cm³/mol. The van der Waals surface area contributed by atoms with Crippen LogP contribution < -0.4 is 5.32 Å². The van der Waals surface area contributed by atoms with E-state index in [0.717, 1.165) is 16.9 Å². The lowest BCUT2D eigenvalue weighted by Gasteiger charge is -2.04. The lowest BCUT2D eigenvalue weighted by atomic mass is 10.2. The molecule has 26 heavy (non-hydrogen) atoms. The van der Waals surface area contributed by atoms with E-state index in [1.807, 2.05) is 31.2 Å². The fraction of sp³-hybridized carbons (Fsp3) is 0.118. The Hall–Kier alpha value is -1.38. The van der Waals surface area contributed by atoms with Gasteiger partial charge in [-0.2, -0.15) is 0 Å². The summed E-state index contributed by atoms with van der Waals surface area (Å²) in [4.78, 5) is 12.1. The molecule has 4 nitrogen and oxygen atoms in total. The van der Waals surface area contributed by atoms with Crippen molar-refractivity contribution in [3.8, 4) is 5.69 Å². The van der Waals surface area contributed by atoms with Crippen LogP contribution in [0, 0.1) is 10.9 Å². The SMILES string of the molecule is Cc1ccc(NC(=O)CSc2nn(-c3ccc(Cl)c(Cl)c3)c(=S)s2)cc1. The summed E-state index contributed by atoms with van der Waals surface area (Å²) in [5.41, 5.74) is 2.65. The number of halogens is 2. The summed E-state index contributed by atoms with van der Waals surface area (Å²) in [5.74, 6) is 0.151.